The van der Waals surface area contributed by atoms with Gasteiger partial charge in [0.2, 0.25) is 5.12 Å². The van der Waals surface area contributed by atoms with E-state index in [4.69, 9.17) is 15.2 Å². The number of hydrogen-bond donors (Lipinski definition) is 3. The number of aliphatic hydroxyl groups excluding tert-OH is 2. The molecule has 1 heterocycles. The first-order valence-corrected chi connectivity index (χ1v) is 15.9. The molecule has 7 atom stereocenters. The number of thioether (sulfide) groups is 1. The topological polar surface area (TPSA) is 137 Å². The summed E-state index contributed by atoms with van der Waals surface area (Å²) in [6, 6.07) is 4.63. The second-order valence-electron chi connectivity index (χ2n) is 13.1. The molecule has 0 bridgehead atoms. The van der Waals surface area contributed by atoms with Crippen LogP contribution in [0.3, 0.4) is 0 Å². The maximum atomic E-state index is 14.1. The van der Waals surface area contributed by atoms with Gasteiger partial charge in [-0.05, 0) is 91.5 Å². The van der Waals surface area contributed by atoms with Crippen LogP contribution in [0.2, 0.25) is 0 Å². The van der Waals surface area contributed by atoms with Crippen molar-refractivity contribution in [2.24, 2.45) is 34.3 Å². The molecule has 0 amide bonds. The lowest BCUT2D eigenvalue weighted by Crippen LogP contribution is -2.62. The predicted octanol–water partition coefficient (Wildman–Crippen LogP) is 3.76. The molecule has 0 aliphatic heterocycles. The summed E-state index contributed by atoms with van der Waals surface area (Å²) in [7, 11) is 1.41. The van der Waals surface area contributed by atoms with Gasteiger partial charge in [-0.15, -0.1) is 0 Å². The summed E-state index contributed by atoms with van der Waals surface area (Å²) in [6.45, 7) is 3.60. The third-order valence-corrected chi connectivity index (χ3v) is 11.8. The number of aliphatic hydroxyl groups is 2. The van der Waals surface area contributed by atoms with E-state index in [-0.39, 0.29) is 46.3 Å². The highest BCUT2D eigenvalue weighted by Gasteiger charge is 2.70. The smallest absolute Gasteiger partial charge is 0.333 e. The zero-order valence-corrected chi connectivity index (χ0v) is 25.7. The molecule has 2 aromatic rings. The Labute approximate surface area is 255 Å². The van der Waals surface area contributed by atoms with Crippen LogP contribution in [0, 0.1) is 34.4 Å². The summed E-state index contributed by atoms with van der Waals surface area (Å²) in [4.78, 5) is 26.4. The highest BCUT2D eigenvalue weighted by atomic mass is 32.2. The maximum absolute atomic E-state index is 14.1. The molecule has 4 aliphatic carbocycles. The van der Waals surface area contributed by atoms with Gasteiger partial charge < -0.3 is 25.4 Å². The molecule has 6 rings (SSSR count). The molecule has 0 saturated heterocycles. The molecule has 232 valence electrons. The van der Waals surface area contributed by atoms with Crippen LogP contribution >= 0.6 is 11.8 Å². The number of aromatic nitrogens is 2. The van der Waals surface area contributed by atoms with Crippen molar-refractivity contribution >= 4 is 28.9 Å². The number of methoxy groups -OCH3 is 1. The van der Waals surface area contributed by atoms with E-state index in [1.807, 2.05) is 13.1 Å². The van der Waals surface area contributed by atoms with E-state index in [9.17, 15) is 24.2 Å². The number of carbonyl (C=O) groups is 2. The summed E-state index contributed by atoms with van der Waals surface area (Å²) in [5.41, 5.74) is 7.46. The van der Waals surface area contributed by atoms with Gasteiger partial charge in [0.15, 0.2) is 5.60 Å². The van der Waals surface area contributed by atoms with Gasteiger partial charge in [0.25, 0.3) is 0 Å². The van der Waals surface area contributed by atoms with Crippen LogP contribution in [0.5, 0.6) is 0 Å². The first-order chi connectivity index (χ1) is 20.5. The largest absolute Gasteiger partial charge is 0.448 e. The highest BCUT2D eigenvalue weighted by Crippen LogP contribution is 2.68. The molecule has 2 unspecified atom stereocenters. The summed E-state index contributed by atoms with van der Waals surface area (Å²) in [6.07, 6.45) is 7.13. The molecule has 3 saturated carbocycles. The molecule has 0 spiro atoms. The molecular formula is C32H40FN3O6S. The standard InChI is InChI=1S/C32H40FN3O6S/c1-30-12-19-14-35-36(21-5-7-24(33)18(10-21)15-37)25(19)11-20(30)4-6-22-23-8-9-32(29(40)43-17-34,42-27(39)16-41-3)31(23,2)13-26(38)28(22)30/h5,7,10-11,14,22-23,26,28,37-38H,4,6,8-9,12-13,15-17,34H2,1-3H3/t22-,23?,26-,28?,30-,31-,32-/m0/s1. The Morgan fingerprint density at radius 3 is 2.79 bits per heavy atom. The van der Waals surface area contributed by atoms with Crippen molar-refractivity contribution in [3.8, 4) is 5.69 Å². The van der Waals surface area contributed by atoms with E-state index in [0.29, 0.717) is 24.9 Å². The summed E-state index contributed by atoms with van der Waals surface area (Å²) < 4.78 is 26.9. The fraction of sp³-hybridized carbons (Fsp3) is 0.594. The van der Waals surface area contributed by atoms with Crippen LogP contribution in [0.15, 0.2) is 30.0 Å². The number of nitrogens with two attached hydrogens (primary N) is 1. The number of ether oxygens (including phenoxy) is 2. The van der Waals surface area contributed by atoms with Crippen LogP contribution in [0.1, 0.15) is 62.8 Å². The van der Waals surface area contributed by atoms with Crippen molar-refractivity contribution in [1.82, 2.24) is 9.78 Å². The average molecular weight is 614 g/mol. The van der Waals surface area contributed by atoms with Gasteiger partial charge in [-0.3, -0.25) is 4.79 Å². The first kappa shape index (κ1) is 30.5. The zero-order chi connectivity index (χ0) is 30.7. The van der Waals surface area contributed by atoms with E-state index in [0.717, 1.165) is 42.3 Å². The SMILES string of the molecule is COCC(=O)O[C@]1(C(=O)SCN)CCC2[C@@H]3CCC4=Cc5c(cnn5-c5ccc(F)c(CO)c5)C[C@]4(C)C3[C@@H](O)C[C@@]21C. The quantitative estimate of drug-likeness (QED) is 0.315. The zero-order valence-electron chi connectivity index (χ0n) is 24.8. The highest BCUT2D eigenvalue weighted by molar-refractivity contribution is 8.13. The molecule has 4 aliphatic rings. The molecule has 1 aromatic heterocycles. The number of rotatable bonds is 7. The number of nitrogens with zero attached hydrogens (tertiary/aromatic N) is 2. The molecule has 9 nitrogen and oxygen atoms in total. The van der Waals surface area contributed by atoms with Crippen LogP contribution in [0.25, 0.3) is 11.8 Å². The lowest BCUT2D eigenvalue weighted by atomic mass is 9.45. The van der Waals surface area contributed by atoms with E-state index in [1.54, 1.807) is 16.8 Å². The van der Waals surface area contributed by atoms with Gasteiger partial charge in [-0.25, -0.2) is 13.9 Å². The first-order valence-electron chi connectivity index (χ1n) is 15.0. The number of hydrogen-bond acceptors (Lipinski definition) is 9. The fourth-order valence-electron chi connectivity index (χ4n) is 9.27. The Bertz CT molecular complexity index is 1480. The minimum atomic E-state index is -1.37. The third-order valence-electron chi connectivity index (χ3n) is 11.1. The van der Waals surface area contributed by atoms with Crippen molar-refractivity contribution in [2.75, 3.05) is 19.6 Å². The van der Waals surface area contributed by atoms with Gasteiger partial charge in [0, 0.05) is 24.0 Å². The Kier molecular flexibility index (Phi) is 7.86. The second kappa shape index (κ2) is 11.1. The Balaban J connectivity index is 1.34. The summed E-state index contributed by atoms with van der Waals surface area (Å²) in [5.74, 6) is -0.789. The Morgan fingerprint density at radius 1 is 1.28 bits per heavy atom. The van der Waals surface area contributed by atoms with Crippen molar-refractivity contribution < 1.29 is 33.7 Å². The number of fused-ring (bicyclic) bond motifs is 6. The Morgan fingerprint density at radius 2 is 2.07 bits per heavy atom. The minimum absolute atomic E-state index is 0.0448. The van der Waals surface area contributed by atoms with Crippen molar-refractivity contribution in [1.29, 1.82) is 0 Å². The van der Waals surface area contributed by atoms with Crippen LogP contribution in [-0.2, 0) is 32.1 Å². The van der Waals surface area contributed by atoms with Gasteiger partial charge in [-0.2, -0.15) is 5.10 Å². The fourth-order valence-corrected chi connectivity index (χ4v) is 10.0. The lowest BCUT2D eigenvalue weighted by molar-refractivity contribution is -0.198. The number of esters is 1. The normalized spacial score (nSPS) is 34.4. The van der Waals surface area contributed by atoms with E-state index in [2.05, 4.69) is 18.1 Å². The predicted molar refractivity (Wildman–Crippen MR) is 159 cm³/mol. The molecule has 0 radical (unpaired) electrons. The van der Waals surface area contributed by atoms with Gasteiger partial charge in [0.1, 0.15) is 12.4 Å². The number of carbonyl (C=O) groups excluding carboxylic acids is 2. The number of benzene rings is 1. The van der Waals surface area contributed by atoms with Crippen molar-refractivity contribution in [3.63, 3.8) is 0 Å². The summed E-state index contributed by atoms with van der Waals surface area (Å²) in [5, 5.41) is 26.0. The number of halogens is 1. The van der Waals surface area contributed by atoms with E-state index in [1.165, 1.54) is 18.7 Å². The lowest BCUT2D eigenvalue weighted by Gasteiger charge is -2.60. The molecule has 43 heavy (non-hydrogen) atoms. The van der Waals surface area contributed by atoms with Gasteiger partial charge in [-0.1, -0.05) is 31.2 Å². The third kappa shape index (κ3) is 4.53. The maximum Gasteiger partial charge on any atom is 0.333 e. The second-order valence-corrected chi connectivity index (χ2v) is 14.1. The van der Waals surface area contributed by atoms with Crippen LogP contribution in [-0.4, -0.2) is 62.4 Å². The monoisotopic (exact) mass is 613 g/mol. The van der Waals surface area contributed by atoms with Gasteiger partial charge in [0.05, 0.1) is 30.3 Å². The van der Waals surface area contributed by atoms with Crippen LogP contribution < -0.4 is 5.73 Å². The molecule has 4 N–H and O–H groups in total. The number of allylic oxidation sites excluding steroid dienone is 1. The molecule has 3 fully saturated rings. The minimum Gasteiger partial charge on any atom is -0.448 e. The summed E-state index contributed by atoms with van der Waals surface area (Å²) >= 11 is 0.972. The average Bonchev–Trinajstić information content (AvgIpc) is 3.49. The van der Waals surface area contributed by atoms with Gasteiger partial charge >= 0.3 is 5.97 Å². The van der Waals surface area contributed by atoms with Crippen LogP contribution in [0.4, 0.5) is 4.39 Å². The van der Waals surface area contributed by atoms with Crippen molar-refractivity contribution in [2.45, 2.75) is 70.7 Å². The molecular weight excluding hydrogens is 573 g/mol. The Hall–Kier alpha value is -2.57. The van der Waals surface area contributed by atoms with Crippen molar-refractivity contribution in [3.05, 3.63) is 52.6 Å². The molecule has 1 aromatic carbocycles. The molecule has 11 heteroatoms. The van der Waals surface area contributed by atoms with E-state index < -0.39 is 35.5 Å². The van der Waals surface area contributed by atoms with E-state index >= 15 is 0 Å².